The molecule has 0 saturated carbocycles. The lowest BCUT2D eigenvalue weighted by Gasteiger charge is -2.12. The van der Waals surface area contributed by atoms with Crippen LogP contribution >= 0.6 is 24.0 Å². The van der Waals surface area contributed by atoms with Crippen molar-refractivity contribution in [3.05, 3.63) is 28.7 Å². The predicted octanol–water partition coefficient (Wildman–Crippen LogP) is 4.10. The maximum absolute atomic E-state index is 12.4. The number of carbonyl (C=O) groups excluding carboxylic acids is 1. The van der Waals surface area contributed by atoms with Crippen molar-refractivity contribution in [2.75, 3.05) is 19.8 Å². The van der Waals surface area contributed by atoms with E-state index in [0.717, 1.165) is 17.7 Å². The van der Waals surface area contributed by atoms with Gasteiger partial charge in [0.05, 0.1) is 18.1 Å². The van der Waals surface area contributed by atoms with E-state index in [9.17, 15) is 4.79 Å². The molecule has 1 amide bonds. The van der Waals surface area contributed by atoms with Crippen molar-refractivity contribution in [1.29, 1.82) is 0 Å². The van der Waals surface area contributed by atoms with Gasteiger partial charge < -0.3 is 9.47 Å². The molecule has 4 nitrogen and oxygen atoms in total. The van der Waals surface area contributed by atoms with Crippen LogP contribution in [0.3, 0.4) is 0 Å². The fourth-order valence-corrected chi connectivity index (χ4v) is 3.53. The quantitative estimate of drug-likeness (QED) is 0.546. The van der Waals surface area contributed by atoms with Gasteiger partial charge in [0.25, 0.3) is 5.91 Å². The van der Waals surface area contributed by atoms with Gasteiger partial charge in [-0.25, -0.2) is 0 Å². The molecule has 6 heteroatoms. The van der Waals surface area contributed by atoms with E-state index in [1.165, 1.54) is 11.8 Å². The first-order chi connectivity index (χ1) is 11.1. The molecule has 1 aliphatic heterocycles. The summed E-state index contributed by atoms with van der Waals surface area (Å²) in [6.45, 7) is 7.70. The summed E-state index contributed by atoms with van der Waals surface area (Å²) in [6.07, 6.45) is 2.72. The molecule has 2 rings (SSSR count). The number of thioether (sulfide) groups is 1. The molecule has 0 N–H and O–H groups in total. The minimum atomic E-state index is -0.0295. The summed E-state index contributed by atoms with van der Waals surface area (Å²) in [7, 11) is 0. The summed E-state index contributed by atoms with van der Waals surface area (Å²) < 4.78 is 11.8. The summed E-state index contributed by atoms with van der Waals surface area (Å²) >= 11 is 6.63. The Morgan fingerprint density at radius 1 is 1.22 bits per heavy atom. The molecule has 1 fully saturated rings. The maximum atomic E-state index is 12.4. The lowest BCUT2D eigenvalue weighted by Crippen LogP contribution is -2.28. The first-order valence-corrected chi connectivity index (χ1v) is 8.98. The Hall–Kier alpha value is -1.53. The molecule has 1 aromatic carbocycles. The van der Waals surface area contributed by atoms with Crippen LogP contribution in [0.15, 0.2) is 23.1 Å². The third-order valence-electron chi connectivity index (χ3n) is 3.20. The molecule has 23 heavy (non-hydrogen) atoms. The Kier molecular flexibility index (Phi) is 6.47. The number of nitrogens with zero attached hydrogens (tertiary/aromatic N) is 1. The Bertz CT molecular complexity index is 628. The van der Waals surface area contributed by atoms with Crippen LogP contribution in [0.5, 0.6) is 11.5 Å². The fourth-order valence-electron chi connectivity index (χ4n) is 2.23. The number of hydrogen-bond donors (Lipinski definition) is 0. The van der Waals surface area contributed by atoms with Crippen LogP contribution in [0.25, 0.3) is 6.08 Å². The van der Waals surface area contributed by atoms with Gasteiger partial charge in [0.2, 0.25) is 0 Å². The third kappa shape index (κ3) is 4.26. The van der Waals surface area contributed by atoms with Crippen molar-refractivity contribution in [1.82, 2.24) is 4.90 Å². The zero-order valence-electron chi connectivity index (χ0n) is 13.6. The number of ether oxygens (including phenoxy) is 2. The van der Waals surface area contributed by atoms with Gasteiger partial charge in [0, 0.05) is 18.2 Å². The molecule has 124 valence electrons. The summed E-state index contributed by atoms with van der Waals surface area (Å²) in [5.41, 5.74) is 0.854. The molecule has 1 heterocycles. The Balaban J connectivity index is 2.31. The SMILES string of the molecule is CCCN1C(=O)/C(=C/c2ccc(OCC)cc2OCC)SC1=S. The minimum absolute atomic E-state index is 0.0295. The van der Waals surface area contributed by atoms with E-state index in [2.05, 4.69) is 0 Å². The number of benzene rings is 1. The van der Waals surface area contributed by atoms with E-state index in [0.29, 0.717) is 34.7 Å². The molecule has 1 aromatic rings. The van der Waals surface area contributed by atoms with Gasteiger partial charge in [0.15, 0.2) is 0 Å². The van der Waals surface area contributed by atoms with Gasteiger partial charge in [-0.2, -0.15) is 0 Å². The largest absolute Gasteiger partial charge is 0.494 e. The standard InChI is InChI=1S/C17H21NO3S2/c1-4-9-18-16(19)15(23-17(18)22)10-12-7-8-13(20-5-2)11-14(12)21-6-3/h7-8,10-11H,4-6,9H2,1-3H3/b15-10-. The van der Waals surface area contributed by atoms with Gasteiger partial charge in [0.1, 0.15) is 15.8 Å². The highest BCUT2D eigenvalue weighted by Gasteiger charge is 2.31. The van der Waals surface area contributed by atoms with Crippen LogP contribution in [0.4, 0.5) is 0 Å². The molecular weight excluding hydrogens is 330 g/mol. The first kappa shape index (κ1) is 17.8. The second-order valence-corrected chi connectivity index (χ2v) is 6.57. The molecule has 1 aliphatic rings. The van der Waals surface area contributed by atoms with Gasteiger partial charge in [-0.05, 0) is 38.5 Å². The summed E-state index contributed by atoms with van der Waals surface area (Å²) in [4.78, 5) is 14.7. The smallest absolute Gasteiger partial charge is 0.266 e. The zero-order chi connectivity index (χ0) is 16.8. The molecule has 0 atom stereocenters. The summed E-state index contributed by atoms with van der Waals surface area (Å²) in [6, 6.07) is 5.64. The van der Waals surface area contributed by atoms with E-state index in [-0.39, 0.29) is 5.91 Å². The second kappa shape index (κ2) is 8.36. The number of carbonyl (C=O) groups is 1. The topological polar surface area (TPSA) is 38.8 Å². The average molecular weight is 351 g/mol. The Morgan fingerprint density at radius 2 is 1.96 bits per heavy atom. The van der Waals surface area contributed by atoms with Crippen LogP contribution < -0.4 is 9.47 Å². The monoisotopic (exact) mass is 351 g/mol. The predicted molar refractivity (Wildman–Crippen MR) is 99.0 cm³/mol. The van der Waals surface area contributed by atoms with Crippen LogP contribution in [0.2, 0.25) is 0 Å². The van der Waals surface area contributed by atoms with Crippen molar-refractivity contribution in [2.24, 2.45) is 0 Å². The van der Waals surface area contributed by atoms with Crippen molar-refractivity contribution in [3.8, 4) is 11.5 Å². The second-order valence-electron chi connectivity index (χ2n) is 4.90. The van der Waals surface area contributed by atoms with Crippen LogP contribution in [-0.4, -0.2) is 34.9 Å². The maximum Gasteiger partial charge on any atom is 0.266 e. The van der Waals surface area contributed by atoms with Gasteiger partial charge in [-0.3, -0.25) is 9.69 Å². The highest BCUT2D eigenvalue weighted by molar-refractivity contribution is 8.26. The zero-order valence-corrected chi connectivity index (χ0v) is 15.3. The molecule has 0 bridgehead atoms. The Labute approximate surface area is 146 Å². The lowest BCUT2D eigenvalue weighted by atomic mass is 10.1. The molecule has 0 radical (unpaired) electrons. The highest BCUT2D eigenvalue weighted by atomic mass is 32.2. The Morgan fingerprint density at radius 3 is 2.61 bits per heavy atom. The summed E-state index contributed by atoms with van der Waals surface area (Å²) in [5.74, 6) is 1.43. The first-order valence-electron chi connectivity index (χ1n) is 7.75. The van der Waals surface area contributed by atoms with Gasteiger partial charge in [-0.15, -0.1) is 0 Å². The van der Waals surface area contributed by atoms with E-state index in [1.807, 2.05) is 45.0 Å². The number of hydrogen-bond acceptors (Lipinski definition) is 5. The van der Waals surface area contributed by atoms with E-state index in [1.54, 1.807) is 4.90 Å². The number of rotatable bonds is 7. The number of amides is 1. The minimum Gasteiger partial charge on any atom is -0.494 e. The fraction of sp³-hybridized carbons (Fsp3) is 0.412. The highest BCUT2D eigenvalue weighted by Crippen LogP contribution is 2.35. The van der Waals surface area contributed by atoms with Crippen LogP contribution in [0.1, 0.15) is 32.8 Å². The normalized spacial score (nSPS) is 16.3. The molecule has 0 unspecified atom stereocenters. The molecular formula is C17H21NO3S2. The van der Waals surface area contributed by atoms with Gasteiger partial charge in [-0.1, -0.05) is 30.9 Å². The van der Waals surface area contributed by atoms with Crippen LogP contribution in [-0.2, 0) is 4.79 Å². The van der Waals surface area contributed by atoms with E-state index >= 15 is 0 Å². The third-order valence-corrected chi connectivity index (χ3v) is 4.58. The molecule has 0 aromatic heterocycles. The van der Waals surface area contributed by atoms with Crippen molar-refractivity contribution >= 4 is 40.3 Å². The lowest BCUT2D eigenvalue weighted by molar-refractivity contribution is -0.122. The van der Waals surface area contributed by atoms with Crippen molar-refractivity contribution in [3.63, 3.8) is 0 Å². The van der Waals surface area contributed by atoms with Crippen molar-refractivity contribution in [2.45, 2.75) is 27.2 Å². The molecule has 0 spiro atoms. The van der Waals surface area contributed by atoms with Gasteiger partial charge >= 0.3 is 0 Å². The molecule has 0 aliphatic carbocycles. The van der Waals surface area contributed by atoms with Crippen LogP contribution in [0, 0.1) is 0 Å². The average Bonchev–Trinajstić information content (AvgIpc) is 2.78. The van der Waals surface area contributed by atoms with Crippen molar-refractivity contribution < 1.29 is 14.3 Å². The summed E-state index contributed by atoms with van der Waals surface area (Å²) in [5, 5.41) is 0. The molecule has 1 saturated heterocycles. The van der Waals surface area contributed by atoms with E-state index < -0.39 is 0 Å². The number of thiocarbonyl (C=S) groups is 1. The van der Waals surface area contributed by atoms with E-state index in [4.69, 9.17) is 21.7 Å².